The van der Waals surface area contributed by atoms with Crippen molar-refractivity contribution in [2.75, 3.05) is 24.7 Å². The van der Waals surface area contributed by atoms with E-state index >= 15 is 0 Å². The van der Waals surface area contributed by atoms with Gasteiger partial charge < -0.3 is 20.6 Å². The molecule has 1 aliphatic carbocycles. The Kier molecular flexibility index (Phi) is 5.28. The third kappa shape index (κ3) is 3.64. The van der Waals surface area contributed by atoms with Crippen LogP contribution in [0.3, 0.4) is 0 Å². The average molecular weight is 456 g/mol. The first-order chi connectivity index (χ1) is 15.0. The summed E-state index contributed by atoms with van der Waals surface area (Å²) in [7, 11) is 3.09. The maximum absolute atomic E-state index is 12.5. The van der Waals surface area contributed by atoms with Gasteiger partial charge in [-0.15, -0.1) is 11.3 Å². The molecule has 0 spiro atoms. The summed E-state index contributed by atoms with van der Waals surface area (Å²) in [5.41, 5.74) is -0.294. The van der Waals surface area contributed by atoms with E-state index in [1.165, 1.54) is 17.2 Å². The molecule has 1 fully saturated rings. The number of carbonyl (C=O) groups excluding carboxylic acids is 1. The topological polar surface area (TPSA) is 125 Å². The molecule has 0 aliphatic heterocycles. The number of pyridine rings is 1. The highest BCUT2D eigenvalue weighted by molar-refractivity contribution is 7.11. The Labute approximate surface area is 188 Å². The van der Waals surface area contributed by atoms with Crippen LogP contribution in [0.5, 0.6) is 5.75 Å². The minimum absolute atomic E-state index is 0.0543. The molecule has 1 unspecified atom stereocenters. The normalized spacial score (nSPS) is 15.4. The van der Waals surface area contributed by atoms with Crippen LogP contribution >= 0.6 is 11.3 Å². The number of aryl methyl sites for hydroxylation is 2. The molecule has 10 heteroatoms. The van der Waals surface area contributed by atoms with Crippen LogP contribution in [0.25, 0.3) is 0 Å². The summed E-state index contributed by atoms with van der Waals surface area (Å²) in [6, 6.07) is 1.23. The number of aromatic hydroxyl groups is 1. The first kappa shape index (κ1) is 21.9. The van der Waals surface area contributed by atoms with Crippen LogP contribution in [0.1, 0.15) is 51.9 Å². The molecule has 0 bridgehead atoms. The zero-order valence-corrected chi connectivity index (χ0v) is 19.4. The summed E-state index contributed by atoms with van der Waals surface area (Å²) >= 11 is 1.60. The van der Waals surface area contributed by atoms with Crippen molar-refractivity contribution in [2.24, 2.45) is 5.41 Å². The van der Waals surface area contributed by atoms with E-state index < -0.39 is 16.8 Å². The van der Waals surface area contributed by atoms with Gasteiger partial charge in [-0.25, -0.2) is 9.97 Å². The van der Waals surface area contributed by atoms with E-state index in [-0.39, 0.29) is 40.0 Å². The minimum atomic E-state index is -0.685. The summed E-state index contributed by atoms with van der Waals surface area (Å²) in [5, 5.41) is 17.6. The highest BCUT2D eigenvalue weighted by Gasteiger charge is 2.48. The van der Waals surface area contributed by atoms with Gasteiger partial charge in [0.15, 0.2) is 11.4 Å². The zero-order chi connectivity index (χ0) is 23.4. The van der Waals surface area contributed by atoms with E-state index in [1.54, 1.807) is 25.4 Å². The standard InChI is InChI=1S/C22H25N5O4S/c1-10-13(24-11(2)32-10)20(22(3)7-8-22)26-15-14(18(29)19(15)30)25-12-6-9-23-16(17(12)28)21(31)27(4)5/h6,9,20,26,28H,7-8H2,1-5H3,(H,23,25). The maximum atomic E-state index is 12.5. The molecular weight excluding hydrogens is 430 g/mol. The van der Waals surface area contributed by atoms with E-state index in [2.05, 4.69) is 27.5 Å². The van der Waals surface area contributed by atoms with Crippen LogP contribution in [-0.4, -0.2) is 40.0 Å². The molecule has 1 aliphatic rings. The number of hydrogen-bond donors (Lipinski definition) is 3. The quantitative estimate of drug-likeness (QED) is 0.465. The summed E-state index contributed by atoms with van der Waals surface area (Å²) in [4.78, 5) is 48.0. The van der Waals surface area contributed by atoms with E-state index in [1.807, 2.05) is 13.8 Å². The van der Waals surface area contributed by atoms with E-state index in [0.717, 1.165) is 28.4 Å². The van der Waals surface area contributed by atoms with Gasteiger partial charge in [0.2, 0.25) is 0 Å². The molecule has 9 nitrogen and oxygen atoms in total. The third-order valence-corrected chi connectivity index (χ3v) is 6.84. The molecular formula is C22H25N5O4S. The predicted molar refractivity (Wildman–Crippen MR) is 124 cm³/mol. The molecule has 3 N–H and O–H groups in total. The highest BCUT2D eigenvalue weighted by atomic mass is 32.1. The Morgan fingerprint density at radius 3 is 2.44 bits per heavy atom. The fraction of sp³-hybridized carbons (Fsp3) is 0.409. The lowest BCUT2D eigenvalue weighted by Gasteiger charge is -2.27. The zero-order valence-electron chi connectivity index (χ0n) is 18.6. The van der Waals surface area contributed by atoms with Crippen molar-refractivity contribution in [2.45, 2.75) is 39.7 Å². The van der Waals surface area contributed by atoms with Gasteiger partial charge >= 0.3 is 0 Å². The van der Waals surface area contributed by atoms with Gasteiger partial charge in [0.1, 0.15) is 11.4 Å². The summed E-state index contributed by atoms with van der Waals surface area (Å²) in [6.45, 7) is 6.07. The van der Waals surface area contributed by atoms with Crippen LogP contribution in [0, 0.1) is 19.3 Å². The van der Waals surface area contributed by atoms with Crippen molar-refractivity contribution in [3.8, 4) is 5.75 Å². The van der Waals surface area contributed by atoms with Crippen molar-refractivity contribution in [1.29, 1.82) is 0 Å². The molecule has 1 atom stereocenters. The SMILES string of the molecule is Cc1nc(C(Nc2c(Nc3ccnc(C(=O)N(C)C)c3O)c(=O)c2=O)C2(C)CC2)c(C)s1. The number of nitrogens with zero attached hydrogens (tertiary/aromatic N) is 3. The monoisotopic (exact) mass is 455 g/mol. The van der Waals surface area contributed by atoms with Gasteiger partial charge in [0.05, 0.1) is 22.4 Å². The Bertz CT molecular complexity index is 1280. The molecule has 0 radical (unpaired) electrons. The number of nitrogens with one attached hydrogen (secondary N) is 2. The molecule has 1 saturated carbocycles. The Morgan fingerprint density at radius 2 is 1.88 bits per heavy atom. The summed E-state index contributed by atoms with van der Waals surface area (Å²) in [5.74, 6) is -0.868. The minimum Gasteiger partial charge on any atom is -0.504 e. The number of thiazole rings is 1. The van der Waals surface area contributed by atoms with Crippen LogP contribution in [0.15, 0.2) is 21.9 Å². The Hall–Kier alpha value is -3.27. The molecule has 2 heterocycles. The number of rotatable bonds is 7. The lowest BCUT2D eigenvalue weighted by Crippen LogP contribution is -2.38. The molecule has 2 aromatic heterocycles. The highest BCUT2D eigenvalue weighted by Crippen LogP contribution is 2.56. The number of aromatic nitrogens is 2. The summed E-state index contributed by atoms with van der Waals surface area (Å²) in [6.07, 6.45) is 3.33. The van der Waals surface area contributed by atoms with Crippen molar-refractivity contribution < 1.29 is 9.90 Å². The van der Waals surface area contributed by atoms with E-state index in [4.69, 9.17) is 0 Å². The van der Waals surface area contributed by atoms with Gasteiger partial charge in [-0.3, -0.25) is 14.4 Å². The van der Waals surface area contributed by atoms with Crippen LogP contribution in [0.2, 0.25) is 0 Å². The lowest BCUT2D eigenvalue weighted by molar-refractivity contribution is 0.0819. The van der Waals surface area contributed by atoms with Crippen LogP contribution < -0.4 is 21.5 Å². The fourth-order valence-corrected chi connectivity index (χ4v) is 4.58. The second-order valence-corrected chi connectivity index (χ2v) is 10.1. The van der Waals surface area contributed by atoms with Gasteiger partial charge in [0, 0.05) is 25.2 Å². The smallest absolute Gasteiger partial charge is 0.275 e. The molecule has 4 rings (SSSR count). The molecule has 3 aromatic rings. The number of amides is 1. The number of anilines is 3. The summed E-state index contributed by atoms with van der Waals surface area (Å²) < 4.78 is 0. The molecule has 1 amide bonds. The van der Waals surface area contributed by atoms with Gasteiger partial charge in [-0.2, -0.15) is 0 Å². The third-order valence-electron chi connectivity index (χ3n) is 5.94. The maximum Gasteiger partial charge on any atom is 0.275 e. The van der Waals surface area contributed by atoms with Crippen LogP contribution in [0.4, 0.5) is 17.1 Å². The Balaban J connectivity index is 1.68. The van der Waals surface area contributed by atoms with Crippen molar-refractivity contribution in [3.63, 3.8) is 0 Å². The van der Waals surface area contributed by atoms with Crippen molar-refractivity contribution in [3.05, 3.63) is 54.0 Å². The average Bonchev–Trinajstić information content (AvgIpc) is 3.40. The second kappa shape index (κ2) is 7.70. The first-order valence-corrected chi connectivity index (χ1v) is 11.1. The van der Waals surface area contributed by atoms with Gasteiger partial charge in [-0.1, -0.05) is 6.92 Å². The first-order valence-electron chi connectivity index (χ1n) is 10.2. The molecule has 1 aromatic carbocycles. The molecule has 168 valence electrons. The van der Waals surface area contributed by atoms with Crippen molar-refractivity contribution in [1.82, 2.24) is 14.9 Å². The van der Waals surface area contributed by atoms with Gasteiger partial charge in [0.25, 0.3) is 16.8 Å². The van der Waals surface area contributed by atoms with Gasteiger partial charge in [-0.05, 0) is 38.2 Å². The number of hydrogen-bond acceptors (Lipinski definition) is 9. The Morgan fingerprint density at radius 1 is 1.22 bits per heavy atom. The van der Waals surface area contributed by atoms with Crippen LogP contribution in [-0.2, 0) is 0 Å². The number of carbonyl (C=O) groups is 1. The molecule has 32 heavy (non-hydrogen) atoms. The van der Waals surface area contributed by atoms with Crippen molar-refractivity contribution >= 4 is 34.3 Å². The van der Waals surface area contributed by atoms with E-state index in [0.29, 0.717) is 0 Å². The predicted octanol–water partition coefficient (Wildman–Crippen LogP) is 2.86. The fourth-order valence-electron chi connectivity index (χ4n) is 3.72. The van der Waals surface area contributed by atoms with E-state index in [9.17, 15) is 19.5 Å². The largest absolute Gasteiger partial charge is 0.504 e. The second-order valence-electron chi connectivity index (χ2n) is 8.69. The lowest BCUT2D eigenvalue weighted by atomic mass is 9.94. The molecule has 0 saturated heterocycles.